The zero-order valence-electron chi connectivity index (χ0n) is 13.1. The van der Waals surface area contributed by atoms with Gasteiger partial charge >= 0.3 is 0 Å². The number of nitrogens with one attached hydrogen (secondary N) is 2. The SMILES string of the molecule is CCNC(=NCCN(CC)C1CC1)NC1CCS(=O)(=O)C1. The van der Waals surface area contributed by atoms with Crippen molar-refractivity contribution in [2.24, 2.45) is 4.99 Å². The molecule has 1 unspecified atom stereocenters. The van der Waals surface area contributed by atoms with E-state index in [9.17, 15) is 8.42 Å². The number of rotatable bonds is 7. The van der Waals surface area contributed by atoms with Crippen LogP contribution in [0.25, 0.3) is 0 Å². The lowest BCUT2D eigenvalue weighted by atomic mass is 10.3. The quantitative estimate of drug-likeness (QED) is 0.519. The Morgan fingerprint density at radius 3 is 2.57 bits per heavy atom. The van der Waals surface area contributed by atoms with Crippen LogP contribution in [0.4, 0.5) is 0 Å². The van der Waals surface area contributed by atoms with Crippen LogP contribution in [0.1, 0.15) is 33.1 Å². The van der Waals surface area contributed by atoms with E-state index in [4.69, 9.17) is 0 Å². The molecule has 2 N–H and O–H groups in total. The minimum atomic E-state index is -2.85. The molecule has 6 nitrogen and oxygen atoms in total. The lowest BCUT2D eigenvalue weighted by Gasteiger charge is -2.19. The zero-order valence-corrected chi connectivity index (χ0v) is 14.0. The standard InChI is InChI=1S/C14H28N4O2S/c1-3-15-14(17-12-7-10-21(19,20)11-12)16-8-9-18(4-2)13-5-6-13/h12-13H,3-11H2,1-2H3,(H2,15,16,17). The van der Waals surface area contributed by atoms with Crippen LogP contribution in [0.15, 0.2) is 4.99 Å². The van der Waals surface area contributed by atoms with Crippen LogP contribution < -0.4 is 10.6 Å². The molecule has 2 aliphatic rings. The molecule has 0 radical (unpaired) electrons. The van der Waals surface area contributed by atoms with Gasteiger partial charge in [0.2, 0.25) is 0 Å². The summed E-state index contributed by atoms with van der Waals surface area (Å²) in [4.78, 5) is 7.05. The highest BCUT2D eigenvalue weighted by atomic mass is 32.2. The Morgan fingerprint density at radius 2 is 2.05 bits per heavy atom. The average Bonchev–Trinajstić information content (AvgIpc) is 3.20. The number of hydrogen-bond donors (Lipinski definition) is 2. The van der Waals surface area contributed by atoms with Gasteiger partial charge in [-0.3, -0.25) is 9.89 Å². The molecule has 1 aliphatic carbocycles. The minimum absolute atomic E-state index is 0.00138. The Balaban J connectivity index is 1.81. The molecule has 0 aromatic carbocycles. The molecule has 0 spiro atoms. The molecule has 122 valence electrons. The highest BCUT2D eigenvalue weighted by Gasteiger charge is 2.29. The van der Waals surface area contributed by atoms with Gasteiger partial charge in [0, 0.05) is 25.2 Å². The van der Waals surface area contributed by atoms with E-state index >= 15 is 0 Å². The molecule has 1 aliphatic heterocycles. The Bertz CT molecular complexity index is 460. The summed E-state index contributed by atoms with van der Waals surface area (Å²) >= 11 is 0. The van der Waals surface area contributed by atoms with Gasteiger partial charge in [0.25, 0.3) is 0 Å². The molecule has 1 saturated heterocycles. The lowest BCUT2D eigenvalue weighted by Crippen LogP contribution is -2.44. The number of sulfone groups is 1. The van der Waals surface area contributed by atoms with Crippen molar-refractivity contribution in [3.63, 3.8) is 0 Å². The van der Waals surface area contributed by atoms with Crippen molar-refractivity contribution in [1.82, 2.24) is 15.5 Å². The minimum Gasteiger partial charge on any atom is -0.357 e. The summed E-state index contributed by atoms with van der Waals surface area (Å²) in [5, 5.41) is 6.45. The predicted octanol–water partition coefficient (Wildman–Crippen LogP) is 0.213. The summed E-state index contributed by atoms with van der Waals surface area (Å²) < 4.78 is 23.0. The van der Waals surface area contributed by atoms with E-state index in [0.29, 0.717) is 6.42 Å². The van der Waals surface area contributed by atoms with Crippen LogP contribution in [-0.4, -0.2) is 69.0 Å². The molecule has 1 saturated carbocycles. The Morgan fingerprint density at radius 1 is 1.29 bits per heavy atom. The molecule has 2 rings (SSSR count). The Hall–Kier alpha value is -0.820. The maximum atomic E-state index is 11.5. The molecule has 2 fully saturated rings. The van der Waals surface area contributed by atoms with Gasteiger partial charge in [-0.1, -0.05) is 6.92 Å². The molecule has 21 heavy (non-hydrogen) atoms. The maximum absolute atomic E-state index is 11.5. The predicted molar refractivity (Wildman–Crippen MR) is 86.4 cm³/mol. The summed E-state index contributed by atoms with van der Waals surface area (Å²) in [6.07, 6.45) is 3.31. The number of nitrogens with zero attached hydrogens (tertiary/aromatic N) is 2. The van der Waals surface area contributed by atoms with Crippen LogP contribution in [0.5, 0.6) is 0 Å². The monoisotopic (exact) mass is 316 g/mol. The van der Waals surface area contributed by atoms with Crippen LogP contribution in [-0.2, 0) is 9.84 Å². The third-order valence-corrected chi connectivity index (χ3v) is 5.81. The molecule has 0 aromatic heterocycles. The fourth-order valence-electron chi connectivity index (χ4n) is 2.75. The highest BCUT2D eigenvalue weighted by Crippen LogP contribution is 2.25. The highest BCUT2D eigenvalue weighted by molar-refractivity contribution is 7.91. The van der Waals surface area contributed by atoms with E-state index in [1.54, 1.807) is 0 Å². The van der Waals surface area contributed by atoms with Gasteiger partial charge in [0.1, 0.15) is 0 Å². The molecule has 1 atom stereocenters. The molecule has 1 heterocycles. The van der Waals surface area contributed by atoms with E-state index in [-0.39, 0.29) is 17.5 Å². The second-order valence-corrected chi connectivity index (χ2v) is 8.09. The summed E-state index contributed by atoms with van der Waals surface area (Å²) in [6, 6.07) is 0.763. The van der Waals surface area contributed by atoms with Crippen molar-refractivity contribution in [3.05, 3.63) is 0 Å². The van der Waals surface area contributed by atoms with E-state index in [0.717, 1.165) is 38.2 Å². The van der Waals surface area contributed by atoms with Gasteiger partial charge in [0.15, 0.2) is 15.8 Å². The summed E-state index contributed by atoms with van der Waals surface area (Å²) in [5.41, 5.74) is 0. The first kappa shape index (κ1) is 16.5. The molecule has 0 amide bonds. The third-order valence-electron chi connectivity index (χ3n) is 4.04. The smallest absolute Gasteiger partial charge is 0.191 e. The van der Waals surface area contributed by atoms with Gasteiger partial charge in [-0.15, -0.1) is 0 Å². The first-order valence-corrected chi connectivity index (χ1v) is 9.85. The average molecular weight is 316 g/mol. The first-order valence-electron chi connectivity index (χ1n) is 8.03. The zero-order chi connectivity index (χ0) is 15.3. The van der Waals surface area contributed by atoms with Gasteiger partial charge in [-0.2, -0.15) is 0 Å². The Kier molecular flexibility index (Phi) is 5.87. The molecular weight excluding hydrogens is 288 g/mol. The summed E-state index contributed by atoms with van der Waals surface area (Å²) in [6.45, 7) is 7.79. The second-order valence-electron chi connectivity index (χ2n) is 5.86. The molecule has 0 bridgehead atoms. The fraction of sp³-hybridized carbons (Fsp3) is 0.929. The topological polar surface area (TPSA) is 73.8 Å². The summed E-state index contributed by atoms with van der Waals surface area (Å²) in [5.74, 6) is 1.25. The first-order chi connectivity index (χ1) is 10.0. The third kappa shape index (κ3) is 5.47. The van der Waals surface area contributed by atoms with Gasteiger partial charge < -0.3 is 10.6 Å². The van der Waals surface area contributed by atoms with Crippen LogP contribution in [0.3, 0.4) is 0 Å². The van der Waals surface area contributed by atoms with E-state index in [2.05, 4.69) is 27.4 Å². The van der Waals surface area contributed by atoms with Gasteiger partial charge in [0.05, 0.1) is 18.1 Å². The number of guanidine groups is 1. The van der Waals surface area contributed by atoms with Crippen LogP contribution >= 0.6 is 0 Å². The van der Waals surface area contributed by atoms with Crippen molar-refractivity contribution < 1.29 is 8.42 Å². The second kappa shape index (κ2) is 7.45. The fourth-order valence-corrected chi connectivity index (χ4v) is 4.42. The largest absolute Gasteiger partial charge is 0.357 e. The molecular formula is C14H28N4O2S. The van der Waals surface area contributed by atoms with Gasteiger partial charge in [-0.25, -0.2) is 8.42 Å². The summed E-state index contributed by atoms with van der Waals surface area (Å²) in [7, 11) is -2.85. The number of hydrogen-bond acceptors (Lipinski definition) is 4. The number of likely N-dealkylation sites (N-methyl/N-ethyl adjacent to an activating group) is 1. The van der Waals surface area contributed by atoms with Crippen molar-refractivity contribution in [2.75, 3.05) is 37.7 Å². The number of aliphatic imine (C=N–C) groups is 1. The van der Waals surface area contributed by atoms with Crippen molar-refractivity contribution in [3.8, 4) is 0 Å². The molecule has 7 heteroatoms. The lowest BCUT2D eigenvalue weighted by molar-refractivity contribution is 0.286. The van der Waals surface area contributed by atoms with E-state index < -0.39 is 9.84 Å². The normalized spacial score (nSPS) is 25.3. The molecule has 0 aromatic rings. The van der Waals surface area contributed by atoms with Crippen molar-refractivity contribution in [1.29, 1.82) is 0 Å². The van der Waals surface area contributed by atoms with Gasteiger partial charge in [-0.05, 0) is 32.7 Å². The van der Waals surface area contributed by atoms with E-state index in [1.807, 2.05) is 6.92 Å². The van der Waals surface area contributed by atoms with Crippen LogP contribution in [0, 0.1) is 0 Å². The van der Waals surface area contributed by atoms with Crippen molar-refractivity contribution in [2.45, 2.75) is 45.2 Å². The van der Waals surface area contributed by atoms with Crippen molar-refractivity contribution >= 4 is 15.8 Å². The van der Waals surface area contributed by atoms with E-state index in [1.165, 1.54) is 12.8 Å². The maximum Gasteiger partial charge on any atom is 0.191 e. The van der Waals surface area contributed by atoms with Crippen LogP contribution in [0.2, 0.25) is 0 Å². The Labute approximate surface area is 128 Å².